The number of nitro benzene ring substituents is 1. The van der Waals surface area contributed by atoms with Crippen LogP contribution in [0.2, 0.25) is 0 Å². The van der Waals surface area contributed by atoms with Crippen LogP contribution in [0.25, 0.3) is 21.8 Å². The molecule has 4 rings (SSSR count). The highest BCUT2D eigenvalue weighted by Gasteiger charge is 2.26. The predicted molar refractivity (Wildman–Crippen MR) is 145 cm³/mol. The number of hydrogen-bond donors (Lipinski definition) is 0. The average molecular weight is 521 g/mol. The lowest BCUT2D eigenvalue weighted by Crippen LogP contribution is -2.20. The first kappa shape index (κ1) is 27.0. The van der Waals surface area contributed by atoms with E-state index in [4.69, 9.17) is 9.68 Å². The number of carbonyl (C=O) groups excluding carboxylic acids is 2. The van der Waals surface area contributed by atoms with Gasteiger partial charge in [0.15, 0.2) is 0 Å². The van der Waals surface area contributed by atoms with Gasteiger partial charge < -0.3 is 14.2 Å². The van der Waals surface area contributed by atoms with Crippen molar-refractivity contribution in [3.63, 3.8) is 0 Å². The quantitative estimate of drug-likeness (QED) is 0.150. The van der Waals surface area contributed by atoms with Gasteiger partial charge in [0.2, 0.25) is 0 Å². The number of aromatic nitrogens is 1. The van der Waals surface area contributed by atoms with Gasteiger partial charge in [0, 0.05) is 59.8 Å². The van der Waals surface area contributed by atoms with E-state index in [2.05, 4.69) is 10.3 Å². The summed E-state index contributed by atoms with van der Waals surface area (Å²) in [5.41, 5.74) is 3.77. The number of benzene rings is 2. The molecule has 10 heteroatoms. The van der Waals surface area contributed by atoms with E-state index in [9.17, 15) is 19.7 Å². The second-order valence-electron chi connectivity index (χ2n) is 9.49. The van der Waals surface area contributed by atoms with E-state index in [1.807, 2.05) is 42.7 Å². The third-order valence-corrected chi connectivity index (χ3v) is 6.96. The highest BCUT2D eigenvalue weighted by molar-refractivity contribution is 6.16. The maximum atomic E-state index is 12.2. The van der Waals surface area contributed by atoms with E-state index in [1.165, 1.54) is 26.3 Å². The van der Waals surface area contributed by atoms with E-state index >= 15 is 0 Å². The van der Waals surface area contributed by atoms with Crippen LogP contribution in [0.3, 0.4) is 0 Å². The molecule has 0 atom stereocenters. The van der Waals surface area contributed by atoms with Crippen LogP contribution in [0.5, 0.6) is 0 Å². The van der Waals surface area contributed by atoms with E-state index in [1.54, 1.807) is 0 Å². The van der Waals surface area contributed by atoms with Gasteiger partial charge in [0.1, 0.15) is 5.52 Å². The zero-order valence-electron chi connectivity index (χ0n) is 22.2. The maximum absolute atomic E-state index is 12.2. The van der Waals surface area contributed by atoms with Crippen molar-refractivity contribution < 1.29 is 24.2 Å². The number of fused-ring (bicyclic) bond motifs is 3. The fourth-order valence-electron chi connectivity index (χ4n) is 5.30. The van der Waals surface area contributed by atoms with Crippen LogP contribution < -0.4 is 0 Å². The van der Waals surface area contributed by atoms with E-state index in [-0.39, 0.29) is 11.6 Å². The SMILES string of the molecule is CC/C(=N\OC(C)=O)c1cc([N+](=O)[O-])c2c(c1)c1cc(/C(=N/OC(C)=O)C3CCCCC3)ccc1n2CC. The van der Waals surface area contributed by atoms with Crippen molar-refractivity contribution in [2.24, 2.45) is 16.2 Å². The Morgan fingerprint density at radius 1 is 0.974 bits per heavy atom. The molecule has 10 nitrogen and oxygen atoms in total. The van der Waals surface area contributed by atoms with E-state index in [0.717, 1.165) is 47.9 Å². The molecule has 1 saturated carbocycles. The lowest BCUT2D eigenvalue weighted by atomic mass is 9.83. The van der Waals surface area contributed by atoms with Gasteiger partial charge in [-0.2, -0.15) is 0 Å². The van der Waals surface area contributed by atoms with Crippen molar-refractivity contribution in [3.8, 4) is 0 Å². The second kappa shape index (κ2) is 11.5. The lowest BCUT2D eigenvalue weighted by Gasteiger charge is -2.23. The maximum Gasteiger partial charge on any atom is 0.331 e. The van der Waals surface area contributed by atoms with Gasteiger partial charge in [-0.1, -0.05) is 42.6 Å². The largest absolute Gasteiger partial charge is 0.335 e. The van der Waals surface area contributed by atoms with Gasteiger partial charge in [-0.25, -0.2) is 9.59 Å². The van der Waals surface area contributed by atoms with Crippen LogP contribution in [0.4, 0.5) is 5.69 Å². The first-order valence-corrected chi connectivity index (χ1v) is 13.0. The van der Waals surface area contributed by atoms with Gasteiger partial charge >= 0.3 is 11.9 Å². The molecule has 1 aromatic heterocycles. The summed E-state index contributed by atoms with van der Waals surface area (Å²) in [6.45, 7) is 6.88. The fourth-order valence-corrected chi connectivity index (χ4v) is 5.30. The van der Waals surface area contributed by atoms with Crippen molar-refractivity contribution >= 4 is 50.9 Å². The minimum Gasteiger partial charge on any atom is -0.335 e. The zero-order chi connectivity index (χ0) is 27.4. The Hall–Kier alpha value is -4.08. The fraction of sp³-hybridized carbons (Fsp3) is 0.429. The minimum absolute atomic E-state index is 0.0536. The Labute approximate surface area is 220 Å². The molecule has 0 amide bonds. The molecular formula is C28H32N4O6. The third-order valence-electron chi connectivity index (χ3n) is 6.96. The number of nitro groups is 1. The molecule has 0 unspecified atom stereocenters. The summed E-state index contributed by atoms with van der Waals surface area (Å²) >= 11 is 0. The normalized spacial score (nSPS) is 15.2. The lowest BCUT2D eigenvalue weighted by molar-refractivity contribution is -0.383. The van der Waals surface area contributed by atoms with E-state index < -0.39 is 16.9 Å². The third kappa shape index (κ3) is 5.44. The molecule has 1 aliphatic rings. The number of non-ortho nitro benzene ring substituents is 1. The van der Waals surface area contributed by atoms with Crippen molar-refractivity contribution in [3.05, 3.63) is 51.6 Å². The molecule has 0 N–H and O–H groups in total. The smallest absolute Gasteiger partial charge is 0.331 e. The van der Waals surface area contributed by atoms with Gasteiger partial charge in [-0.3, -0.25) is 10.1 Å². The first-order chi connectivity index (χ1) is 18.2. The van der Waals surface area contributed by atoms with Gasteiger partial charge in [-0.15, -0.1) is 0 Å². The number of carbonyl (C=O) groups is 2. The molecule has 200 valence electrons. The number of oxime groups is 2. The Kier molecular flexibility index (Phi) is 8.19. The summed E-state index contributed by atoms with van der Waals surface area (Å²) in [4.78, 5) is 44.7. The van der Waals surface area contributed by atoms with Crippen LogP contribution in [-0.4, -0.2) is 32.9 Å². The predicted octanol–water partition coefficient (Wildman–Crippen LogP) is 6.25. The van der Waals surface area contributed by atoms with Gasteiger partial charge in [0.05, 0.1) is 16.3 Å². The average Bonchev–Trinajstić information content (AvgIpc) is 3.22. The molecule has 1 fully saturated rings. The summed E-state index contributed by atoms with van der Waals surface area (Å²) in [5, 5.41) is 21.9. The number of hydrogen-bond acceptors (Lipinski definition) is 8. The van der Waals surface area contributed by atoms with Gasteiger partial charge in [-0.05, 0) is 44.4 Å². The Morgan fingerprint density at radius 3 is 2.24 bits per heavy atom. The van der Waals surface area contributed by atoms with Crippen LogP contribution in [0.1, 0.15) is 77.3 Å². The van der Waals surface area contributed by atoms with Crippen molar-refractivity contribution in [2.45, 2.75) is 72.8 Å². The number of rotatable bonds is 8. The molecule has 0 aliphatic heterocycles. The molecule has 0 saturated heterocycles. The number of nitrogens with zero attached hydrogens (tertiary/aromatic N) is 4. The topological polar surface area (TPSA) is 125 Å². The van der Waals surface area contributed by atoms with Crippen LogP contribution in [0.15, 0.2) is 40.6 Å². The standard InChI is InChI=1S/C28H32N4O6/c1-5-24(29-37-17(3)33)21-15-23-22-14-20(27(30-38-18(4)34)19-10-8-7-9-11-19)12-13-25(22)31(6-2)28(23)26(16-21)32(35)36/h12-16,19H,5-11H2,1-4H3/b29-24+,30-27+. The molecule has 2 aromatic carbocycles. The first-order valence-electron chi connectivity index (χ1n) is 13.0. The Morgan fingerprint density at radius 2 is 1.63 bits per heavy atom. The second-order valence-corrected chi connectivity index (χ2v) is 9.49. The van der Waals surface area contributed by atoms with Crippen LogP contribution in [-0.2, 0) is 25.8 Å². The molecule has 3 aromatic rings. The summed E-state index contributed by atoms with van der Waals surface area (Å²) < 4.78 is 1.93. The van der Waals surface area contributed by atoms with Crippen LogP contribution in [0, 0.1) is 16.0 Å². The summed E-state index contributed by atoms with van der Waals surface area (Å²) in [6.07, 6.45) is 5.65. The summed E-state index contributed by atoms with van der Waals surface area (Å²) in [7, 11) is 0. The highest BCUT2D eigenvalue weighted by Crippen LogP contribution is 2.38. The Balaban J connectivity index is 1.99. The number of aryl methyl sites for hydroxylation is 1. The Bertz CT molecular complexity index is 1460. The summed E-state index contributed by atoms with van der Waals surface area (Å²) in [5.74, 6) is -0.894. The molecule has 38 heavy (non-hydrogen) atoms. The van der Waals surface area contributed by atoms with Crippen molar-refractivity contribution in [1.82, 2.24) is 4.57 Å². The molecular weight excluding hydrogens is 488 g/mol. The van der Waals surface area contributed by atoms with Crippen molar-refractivity contribution in [2.75, 3.05) is 0 Å². The zero-order valence-corrected chi connectivity index (χ0v) is 22.2. The van der Waals surface area contributed by atoms with Crippen LogP contribution >= 0.6 is 0 Å². The molecule has 0 bridgehead atoms. The minimum atomic E-state index is -0.568. The highest BCUT2D eigenvalue weighted by atomic mass is 16.7. The molecule has 1 aliphatic carbocycles. The van der Waals surface area contributed by atoms with E-state index in [0.29, 0.717) is 35.1 Å². The molecule has 0 radical (unpaired) electrons. The van der Waals surface area contributed by atoms with Gasteiger partial charge in [0.25, 0.3) is 5.69 Å². The molecule has 0 spiro atoms. The summed E-state index contributed by atoms with van der Waals surface area (Å²) in [6, 6.07) is 9.20. The monoisotopic (exact) mass is 520 g/mol. The van der Waals surface area contributed by atoms with Crippen molar-refractivity contribution in [1.29, 1.82) is 0 Å². The molecule has 1 heterocycles.